The molecule has 1 N–H and O–H groups in total. The van der Waals surface area contributed by atoms with Gasteiger partial charge in [0, 0.05) is 12.8 Å². The molecule has 1 heterocycles. The fourth-order valence-corrected chi connectivity index (χ4v) is 3.12. The molecule has 1 saturated heterocycles. The summed E-state index contributed by atoms with van der Waals surface area (Å²) in [5.41, 5.74) is 1.06. The zero-order chi connectivity index (χ0) is 14.8. The maximum Gasteiger partial charge on any atom is 0.221 e. The standard InChI is InChI=1S/C17H24O4/c1-14(18)17(19-12-15-8-4-2-5-9-15)13-20-16(21-17)10-6-3-7-11-16/h2,4-5,8-9,14,18H,3,6-7,10-13H2,1H3/t14-,17+/m1/s1. The van der Waals surface area contributed by atoms with Crippen molar-refractivity contribution in [2.75, 3.05) is 6.61 Å². The Hall–Kier alpha value is -0.940. The molecule has 21 heavy (non-hydrogen) atoms. The summed E-state index contributed by atoms with van der Waals surface area (Å²) in [7, 11) is 0. The Morgan fingerprint density at radius 2 is 1.90 bits per heavy atom. The third kappa shape index (κ3) is 3.14. The van der Waals surface area contributed by atoms with Crippen LogP contribution in [-0.4, -0.2) is 29.4 Å². The Morgan fingerprint density at radius 1 is 1.19 bits per heavy atom. The van der Waals surface area contributed by atoms with Crippen molar-refractivity contribution in [3.63, 3.8) is 0 Å². The largest absolute Gasteiger partial charge is 0.388 e. The van der Waals surface area contributed by atoms with E-state index in [2.05, 4.69) is 0 Å². The van der Waals surface area contributed by atoms with E-state index in [1.807, 2.05) is 30.3 Å². The summed E-state index contributed by atoms with van der Waals surface area (Å²) in [6, 6.07) is 9.93. The van der Waals surface area contributed by atoms with E-state index in [1.165, 1.54) is 6.42 Å². The maximum absolute atomic E-state index is 10.2. The zero-order valence-electron chi connectivity index (χ0n) is 12.6. The fourth-order valence-electron chi connectivity index (χ4n) is 3.12. The second kappa shape index (κ2) is 6.05. The Balaban J connectivity index is 1.69. The lowest BCUT2D eigenvalue weighted by Gasteiger charge is -2.36. The van der Waals surface area contributed by atoms with Crippen molar-refractivity contribution in [3.05, 3.63) is 35.9 Å². The van der Waals surface area contributed by atoms with Crippen LogP contribution in [0.5, 0.6) is 0 Å². The molecule has 0 aromatic heterocycles. The molecule has 0 unspecified atom stereocenters. The van der Waals surface area contributed by atoms with Crippen molar-refractivity contribution < 1.29 is 19.3 Å². The molecule has 0 radical (unpaired) electrons. The summed E-state index contributed by atoms with van der Waals surface area (Å²) >= 11 is 0. The van der Waals surface area contributed by atoms with Crippen LogP contribution in [0, 0.1) is 0 Å². The van der Waals surface area contributed by atoms with Gasteiger partial charge in [0.05, 0.1) is 6.61 Å². The molecule has 1 aliphatic heterocycles. The van der Waals surface area contributed by atoms with Crippen molar-refractivity contribution in [2.45, 2.75) is 63.3 Å². The molecule has 2 aliphatic rings. The topological polar surface area (TPSA) is 47.9 Å². The van der Waals surface area contributed by atoms with Crippen molar-refractivity contribution in [1.29, 1.82) is 0 Å². The minimum atomic E-state index is -1.05. The van der Waals surface area contributed by atoms with Crippen LogP contribution in [0.2, 0.25) is 0 Å². The molecule has 2 fully saturated rings. The molecule has 0 amide bonds. The summed E-state index contributed by atoms with van der Waals surface area (Å²) in [5.74, 6) is -1.60. The van der Waals surface area contributed by atoms with E-state index in [0.717, 1.165) is 31.2 Å². The quantitative estimate of drug-likeness (QED) is 0.927. The average molecular weight is 292 g/mol. The van der Waals surface area contributed by atoms with E-state index in [0.29, 0.717) is 6.61 Å². The Bertz CT molecular complexity index is 453. The first-order valence-corrected chi connectivity index (χ1v) is 7.84. The van der Waals surface area contributed by atoms with E-state index in [4.69, 9.17) is 14.2 Å². The molecule has 1 aromatic carbocycles. The highest BCUT2D eigenvalue weighted by atomic mass is 16.8. The van der Waals surface area contributed by atoms with Crippen LogP contribution in [0.15, 0.2) is 30.3 Å². The first kappa shape index (κ1) is 15.0. The van der Waals surface area contributed by atoms with Crippen LogP contribution in [0.25, 0.3) is 0 Å². The number of benzene rings is 1. The summed E-state index contributed by atoms with van der Waals surface area (Å²) in [6.07, 6.45) is 4.47. The SMILES string of the molecule is C[C@@H](O)[C@]1(OCc2ccccc2)COC2(CCCCC2)O1. The molecular formula is C17H24O4. The molecule has 4 heteroatoms. The van der Waals surface area contributed by atoms with Crippen LogP contribution in [-0.2, 0) is 20.8 Å². The predicted octanol–water partition coefficient (Wildman–Crippen LogP) is 2.99. The predicted molar refractivity (Wildman–Crippen MR) is 78.5 cm³/mol. The Kier molecular flexibility index (Phi) is 4.31. The van der Waals surface area contributed by atoms with E-state index in [9.17, 15) is 5.11 Å². The van der Waals surface area contributed by atoms with Crippen LogP contribution >= 0.6 is 0 Å². The zero-order valence-corrected chi connectivity index (χ0v) is 12.6. The van der Waals surface area contributed by atoms with Crippen molar-refractivity contribution >= 4 is 0 Å². The number of aliphatic hydroxyl groups excluding tert-OH is 1. The monoisotopic (exact) mass is 292 g/mol. The van der Waals surface area contributed by atoms with Crippen LogP contribution in [0.4, 0.5) is 0 Å². The minimum absolute atomic E-state index is 0.289. The molecule has 4 nitrogen and oxygen atoms in total. The van der Waals surface area contributed by atoms with Crippen molar-refractivity contribution in [1.82, 2.24) is 0 Å². The molecule has 2 atom stereocenters. The third-order valence-corrected chi connectivity index (χ3v) is 4.47. The Morgan fingerprint density at radius 3 is 2.57 bits per heavy atom. The molecule has 0 bridgehead atoms. The Labute approximate surface area is 126 Å². The van der Waals surface area contributed by atoms with E-state index in [-0.39, 0.29) is 6.61 Å². The second-order valence-corrected chi connectivity index (χ2v) is 6.12. The van der Waals surface area contributed by atoms with Gasteiger partial charge in [-0.3, -0.25) is 0 Å². The van der Waals surface area contributed by atoms with E-state index >= 15 is 0 Å². The maximum atomic E-state index is 10.2. The van der Waals surface area contributed by atoms with Crippen LogP contribution in [0.1, 0.15) is 44.6 Å². The first-order valence-electron chi connectivity index (χ1n) is 7.84. The number of ether oxygens (including phenoxy) is 3. The fraction of sp³-hybridized carbons (Fsp3) is 0.647. The van der Waals surface area contributed by atoms with Gasteiger partial charge in [0.25, 0.3) is 0 Å². The van der Waals surface area contributed by atoms with E-state index < -0.39 is 17.7 Å². The highest BCUT2D eigenvalue weighted by molar-refractivity contribution is 5.13. The van der Waals surface area contributed by atoms with Crippen molar-refractivity contribution in [2.24, 2.45) is 0 Å². The first-order chi connectivity index (χ1) is 10.1. The molecule has 116 valence electrons. The van der Waals surface area contributed by atoms with Gasteiger partial charge in [0.1, 0.15) is 12.7 Å². The average Bonchev–Trinajstić information content (AvgIpc) is 2.87. The number of rotatable bonds is 4. The lowest BCUT2D eigenvalue weighted by Crippen LogP contribution is -2.48. The highest BCUT2D eigenvalue weighted by Crippen LogP contribution is 2.43. The molecular weight excluding hydrogens is 268 g/mol. The lowest BCUT2D eigenvalue weighted by atomic mass is 9.94. The molecule has 1 aromatic rings. The lowest BCUT2D eigenvalue weighted by molar-refractivity contribution is -0.305. The normalized spacial score (nSPS) is 29.6. The number of hydrogen-bond donors (Lipinski definition) is 1. The van der Waals surface area contributed by atoms with Gasteiger partial charge in [-0.25, -0.2) is 0 Å². The number of hydrogen-bond acceptors (Lipinski definition) is 4. The van der Waals surface area contributed by atoms with Gasteiger partial charge in [0.15, 0.2) is 5.79 Å². The molecule has 3 rings (SSSR count). The van der Waals surface area contributed by atoms with Gasteiger partial charge in [-0.1, -0.05) is 36.8 Å². The molecule has 1 spiro atoms. The van der Waals surface area contributed by atoms with E-state index in [1.54, 1.807) is 6.92 Å². The number of aliphatic hydroxyl groups is 1. The van der Waals surface area contributed by atoms with Gasteiger partial charge in [-0.2, -0.15) is 0 Å². The smallest absolute Gasteiger partial charge is 0.221 e. The summed E-state index contributed by atoms with van der Waals surface area (Å²) in [5, 5.41) is 10.2. The summed E-state index contributed by atoms with van der Waals surface area (Å²) in [6.45, 7) is 2.40. The highest BCUT2D eigenvalue weighted by Gasteiger charge is 2.54. The second-order valence-electron chi connectivity index (χ2n) is 6.12. The van der Waals surface area contributed by atoms with Gasteiger partial charge in [-0.05, 0) is 25.3 Å². The molecule has 1 saturated carbocycles. The van der Waals surface area contributed by atoms with Gasteiger partial charge in [-0.15, -0.1) is 0 Å². The minimum Gasteiger partial charge on any atom is -0.388 e. The van der Waals surface area contributed by atoms with Crippen LogP contribution < -0.4 is 0 Å². The van der Waals surface area contributed by atoms with Crippen LogP contribution in [0.3, 0.4) is 0 Å². The van der Waals surface area contributed by atoms with Gasteiger partial charge < -0.3 is 19.3 Å². The summed E-state index contributed by atoms with van der Waals surface area (Å²) in [4.78, 5) is 0. The molecule has 1 aliphatic carbocycles. The van der Waals surface area contributed by atoms with Gasteiger partial charge in [0.2, 0.25) is 5.79 Å². The van der Waals surface area contributed by atoms with Gasteiger partial charge >= 0.3 is 0 Å². The van der Waals surface area contributed by atoms with Crippen molar-refractivity contribution in [3.8, 4) is 0 Å². The summed E-state index contributed by atoms with van der Waals surface area (Å²) < 4.78 is 18.1. The third-order valence-electron chi connectivity index (χ3n) is 4.47.